The molecule has 1 aromatic heterocycles. The molecule has 2 heterocycles. The van der Waals surface area contributed by atoms with Crippen molar-refractivity contribution in [3.8, 4) is 11.1 Å². The van der Waals surface area contributed by atoms with Gasteiger partial charge in [-0.15, -0.1) is 11.8 Å². The minimum Gasteiger partial charge on any atom is -0.383 e. The third-order valence-electron chi connectivity index (χ3n) is 8.93. The molecule has 1 amide bonds. The monoisotopic (exact) mass is 742 g/mol. The van der Waals surface area contributed by atoms with E-state index in [0.29, 0.717) is 28.5 Å². The number of fused-ring (bicyclic) bond motifs is 1. The van der Waals surface area contributed by atoms with Gasteiger partial charge in [0, 0.05) is 67.4 Å². The van der Waals surface area contributed by atoms with Crippen molar-refractivity contribution < 1.29 is 41.1 Å². The van der Waals surface area contributed by atoms with E-state index in [1.165, 1.54) is 21.6 Å². The highest BCUT2D eigenvalue weighted by atomic mass is 32.2. The molecular weight excluding hydrogens is 698 g/mol. The molecule has 0 saturated carbocycles. The third kappa shape index (κ3) is 8.74. The minimum absolute atomic E-state index is 0.0295. The van der Waals surface area contributed by atoms with Crippen molar-refractivity contribution in [2.24, 2.45) is 0 Å². The summed E-state index contributed by atoms with van der Waals surface area (Å²) in [5.41, 5.74) is -2.38. The molecule has 0 unspecified atom stereocenters. The molecule has 1 aliphatic heterocycles. The van der Waals surface area contributed by atoms with Gasteiger partial charge >= 0.3 is 6.18 Å². The first-order valence-electron chi connectivity index (χ1n) is 19.8. The maximum absolute atomic E-state index is 14.9. The van der Waals surface area contributed by atoms with Crippen LogP contribution in [0.15, 0.2) is 107 Å². The van der Waals surface area contributed by atoms with E-state index in [-0.39, 0.29) is 48.4 Å². The van der Waals surface area contributed by atoms with Crippen LogP contribution in [-0.2, 0) is 34.5 Å². The topological polar surface area (TPSA) is 54.8 Å². The number of ether oxygens (including phenoxy) is 1. The van der Waals surface area contributed by atoms with Gasteiger partial charge in [0.15, 0.2) is 17.1 Å². The lowest BCUT2D eigenvalue weighted by atomic mass is 10.00. The normalized spacial score (nSPS) is 17.0. The van der Waals surface area contributed by atoms with E-state index < -0.39 is 78.7 Å². The number of piperidine rings is 1. The average molecular weight is 743 g/mol. The minimum atomic E-state index is -4.49. The lowest BCUT2D eigenvalue weighted by Crippen LogP contribution is -2.48. The number of aromatic nitrogens is 1. The number of likely N-dealkylation sites (tertiary alicyclic amines) is 1. The van der Waals surface area contributed by atoms with Crippen LogP contribution in [0.2, 0.25) is 0 Å². The Kier molecular flexibility index (Phi) is 9.16. The molecule has 6 nitrogen and oxygen atoms in total. The number of pyridine rings is 1. The Hall–Kier alpha value is -4.52. The van der Waals surface area contributed by atoms with Gasteiger partial charge in [0.1, 0.15) is 6.54 Å². The highest BCUT2D eigenvalue weighted by Crippen LogP contribution is 2.32. The van der Waals surface area contributed by atoms with Crippen LogP contribution in [0.5, 0.6) is 0 Å². The predicted octanol–water partition coefficient (Wildman–Crippen LogP) is 8.40. The van der Waals surface area contributed by atoms with Gasteiger partial charge in [-0.3, -0.25) is 9.59 Å². The average Bonchev–Trinajstić information content (AvgIpc) is 3.18. The van der Waals surface area contributed by atoms with Crippen LogP contribution in [0.4, 0.5) is 22.0 Å². The first-order chi connectivity index (χ1) is 27.6. The number of hydrogen-bond acceptors (Lipinski definition) is 5. The quantitative estimate of drug-likeness (QED) is 0.0950. The van der Waals surface area contributed by atoms with E-state index in [4.69, 9.17) is 14.3 Å². The molecule has 5 aromatic rings. The number of halogens is 5. The molecule has 1 aliphatic rings. The number of hydrogen-bond donors (Lipinski definition) is 0. The molecule has 1 fully saturated rings. The second-order valence-corrected chi connectivity index (χ2v) is 13.0. The molecule has 0 aliphatic carbocycles. The van der Waals surface area contributed by atoms with Crippen molar-refractivity contribution in [2.45, 2.75) is 48.9 Å². The molecule has 272 valence electrons. The Labute approximate surface area is 312 Å². The maximum atomic E-state index is 14.9. The molecular formula is C40H38F5N3O3S. The van der Waals surface area contributed by atoms with E-state index in [1.807, 2.05) is 0 Å². The zero-order valence-corrected chi connectivity index (χ0v) is 28.4. The van der Waals surface area contributed by atoms with Crippen LogP contribution in [-0.4, -0.2) is 59.5 Å². The Balaban J connectivity index is 1.32. The Morgan fingerprint density at radius 1 is 0.962 bits per heavy atom. The van der Waals surface area contributed by atoms with Crippen molar-refractivity contribution in [1.82, 2.24) is 14.4 Å². The number of benzene rings is 4. The van der Waals surface area contributed by atoms with Gasteiger partial charge in [-0.2, -0.15) is 13.2 Å². The number of thioether (sulfide) groups is 1. The van der Waals surface area contributed by atoms with Crippen LogP contribution in [0.1, 0.15) is 39.1 Å². The summed E-state index contributed by atoms with van der Waals surface area (Å²) in [6, 6.07) is 21.7. The molecule has 0 bridgehead atoms. The van der Waals surface area contributed by atoms with E-state index in [9.17, 15) is 31.5 Å². The molecule has 0 atom stereocenters. The van der Waals surface area contributed by atoms with Gasteiger partial charge in [-0.1, -0.05) is 60.7 Å². The van der Waals surface area contributed by atoms with Gasteiger partial charge in [-0.25, -0.2) is 8.78 Å². The second-order valence-electron chi connectivity index (χ2n) is 12.2. The molecule has 0 radical (unpaired) electrons. The van der Waals surface area contributed by atoms with Crippen molar-refractivity contribution >= 4 is 28.6 Å². The number of methoxy groups -OCH3 is 1. The summed E-state index contributed by atoms with van der Waals surface area (Å²) >= 11 is 0.438. The van der Waals surface area contributed by atoms with Crippen LogP contribution >= 0.6 is 11.8 Å². The van der Waals surface area contributed by atoms with Gasteiger partial charge in [-0.05, 0) is 59.9 Å². The SMILES string of the molecule is [2H]C([2H])([2H])OCC([2H])([2H])N1CCC(N(Cc2ccc(-c3ccc(C(F)(F)F)cc3)cc2)C(=O)Cn2c(SC([2H])([2H])c3cccc(F)c3F)cc(=O)c3ccccc32)CC1. The highest BCUT2D eigenvalue weighted by molar-refractivity contribution is 7.98. The van der Waals surface area contributed by atoms with Crippen LogP contribution in [0.25, 0.3) is 22.0 Å². The number of rotatable bonds is 12. The summed E-state index contributed by atoms with van der Waals surface area (Å²) < 4.78 is 131. The second kappa shape index (κ2) is 16.4. The third-order valence-corrected chi connectivity index (χ3v) is 9.80. The number of carbonyl (C=O) groups is 1. The number of amides is 1. The highest BCUT2D eigenvalue weighted by Gasteiger charge is 2.31. The standard InChI is InChI=1S/C40H38F5N3O3S/c1-51-22-21-46-19-17-32(18-20-46)47(24-27-9-11-28(12-10-27)29-13-15-31(16-14-29)40(43,44)45)37(50)25-48-35-8-3-2-6-33(35)36(49)23-38(48)52-26-30-5-4-7-34(41)39(30)42/h2-16,23,32H,17-22,24-26H2,1H3/i1D3,21D2,26D2. The predicted molar refractivity (Wildman–Crippen MR) is 193 cm³/mol. The molecule has 12 heteroatoms. The zero-order chi connectivity index (χ0) is 42.9. The van der Waals surface area contributed by atoms with Crippen LogP contribution < -0.4 is 5.43 Å². The first kappa shape index (κ1) is 29.0. The van der Waals surface area contributed by atoms with Gasteiger partial charge in [0.25, 0.3) is 0 Å². The van der Waals surface area contributed by atoms with Crippen molar-refractivity contribution in [1.29, 1.82) is 0 Å². The molecule has 6 rings (SSSR count). The number of nitrogens with zero attached hydrogens (tertiary/aromatic N) is 3. The Bertz CT molecular complexity index is 2350. The molecule has 0 N–H and O–H groups in total. The summed E-state index contributed by atoms with van der Waals surface area (Å²) in [6.07, 6.45) is -3.97. The number of para-hydroxylation sites is 1. The summed E-state index contributed by atoms with van der Waals surface area (Å²) in [4.78, 5) is 31.0. The van der Waals surface area contributed by atoms with Gasteiger partial charge < -0.3 is 19.1 Å². The van der Waals surface area contributed by atoms with E-state index in [2.05, 4.69) is 0 Å². The van der Waals surface area contributed by atoms with E-state index in [1.54, 1.807) is 53.4 Å². The lowest BCUT2D eigenvalue weighted by Gasteiger charge is -2.39. The van der Waals surface area contributed by atoms with Crippen molar-refractivity contribution in [3.05, 3.63) is 136 Å². The Morgan fingerprint density at radius 2 is 1.65 bits per heavy atom. The molecule has 52 heavy (non-hydrogen) atoms. The fraction of sp³-hybridized carbons (Fsp3) is 0.300. The summed E-state index contributed by atoms with van der Waals surface area (Å²) in [7, 11) is -2.80. The summed E-state index contributed by atoms with van der Waals surface area (Å²) in [5.74, 6) is -3.13. The molecule has 4 aromatic carbocycles. The first-order valence-corrected chi connectivity index (χ1v) is 17.2. The van der Waals surface area contributed by atoms with Gasteiger partial charge in [0.05, 0.1) is 26.8 Å². The Morgan fingerprint density at radius 3 is 2.35 bits per heavy atom. The van der Waals surface area contributed by atoms with Crippen LogP contribution in [0.3, 0.4) is 0 Å². The van der Waals surface area contributed by atoms with E-state index in [0.717, 1.165) is 36.4 Å². The maximum Gasteiger partial charge on any atom is 0.416 e. The number of carbonyl (C=O) groups excluding carboxylic acids is 1. The summed E-state index contributed by atoms with van der Waals surface area (Å²) in [6.45, 7) is -3.00. The fourth-order valence-corrected chi connectivity index (χ4v) is 7.01. The molecule has 0 spiro atoms. The fourth-order valence-electron chi connectivity index (χ4n) is 6.20. The number of alkyl halides is 3. The van der Waals surface area contributed by atoms with E-state index >= 15 is 0 Å². The largest absolute Gasteiger partial charge is 0.416 e. The molecule has 1 saturated heterocycles. The zero-order valence-electron chi connectivity index (χ0n) is 34.6. The van der Waals surface area contributed by atoms with Gasteiger partial charge in [0.2, 0.25) is 5.91 Å². The summed E-state index contributed by atoms with van der Waals surface area (Å²) in [5, 5.41) is 0.191. The smallest absolute Gasteiger partial charge is 0.383 e. The van der Waals surface area contributed by atoms with Crippen molar-refractivity contribution in [3.63, 3.8) is 0 Å². The van der Waals surface area contributed by atoms with Crippen LogP contribution in [0, 0.1) is 11.6 Å². The lowest BCUT2D eigenvalue weighted by molar-refractivity contribution is -0.137. The van der Waals surface area contributed by atoms with Crippen molar-refractivity contribution in [2.75, 3.05) is 33.2 Å².